The van der Waals surface area contributed by atoms with Crippen molar-refractivity contribution >= 4 is 5.97 Å². The number of benzene rings is 1. The summed E-state index contributed by atoms with van der Waals surface area (Å²) in [6.07, 6.45) is 0.817. The van der Waals surface area contributed by atoms with E-state index in [0.717, 1.165) is 11.8 Å². The monoisotopic (exact) mass is 220 g/mol. The number of aliphatic hydroxyl groups excluding tert-OH is 1. The van der Waals surface area contributed by atoms with Crippen LogP contribution in [0.2, 0.25) is 0 Å². The summed E-state index contributed by atoms with van der Waals surface area (Å²) in [4.78, 5) is 11.5. The lowest BCUT2D eigenvalue weighted by Crippen LogP contribution is -2.12. The van der Waals surface area contributed by atoms with Crippen LogP contribution in [0.15, 0.2) is 42.2 Å². The maximum absolute atomic E-state index is 11.5. The minimum Gasteiger partial charge on any atom is -0.515 e. The summed E-state index contributed by atoms with van der Waals surface area (Å²) >= 11 is 0. The van der Waals surface area contributed by atoms with Crippen LogP contribution in [0.1, 0.15) is 19.4 Å². The van der Waals surface area contributed by atoms with E-state index in [1.807, 2.05) is 44.2 Å². The molecule has 1 N–H and O–H groups in total. The van der Waals surface area contributed by atoms with Crippen molar-refractivity contribution in [2.75, 3.05) is 0 Å². The van der Waals surface area contributed by atoms with Crippen molar-refractivity contribution in [1.29, 1.82) is 0 Å². The van der Waals surface area contributed by atoms with Crippen molar-refractivity contribution in [3.63, 3.8) is 0 Å². The average Bonchev–Trinajstić information content (AvgIpc) is 2.28. The van der Waals surface area contributed by atoms with Gasteiger partial charge in [0.1, 0.15) is 6.61 Å². The van der Waals surface area contributed by atoms with E-state index >= 15 is 0 Å². The normalized spacial score (nSPS) is 11.6. The highest BCUT2D eigenvalue weighted by atomic mass is 16.5. The summed E-state index contributed by atoms with van der Waals surface area (Å²) in [6.45, 7) is 3.88. The van der Waals surface area contributed by atoms with Gasteiger partial charge in [-0.15, -0.1) is 0 Å². The van der Waals surface area contributed by atoms with Gasteiger partial charge in [0.15, 0.2) is 0 Å². The van der Waals surface area contributed by atoms with E-state index in [9.17, 15) is 4.79 Å². The lowest BCUT2D eigenvalue weighted by Gasteiger charge is -2.09. The predicted octanol–water partition coefficient (Wildman–Crippen LogP) is 2.83. The molecule has 3 heteroatoms. The zero-order valence-corrected chi connectivity index (χ0v) is 9.51. The molecule has 16 heavy (non-hydrogen) atoms. The lowest BCUT2D eigenvalue weighted by atomic mass is 10.1. The topological polar surface area (TPSA) is 46.5 Å². The molecule has 0 bridgehead atoms. The average molecular weight is 220 g/mol. The van der Waals surface area contributed by atoms with E-state index in [1.54, 1.807) is 0 Å². The largest absolute Gasteiger partial charge is 0.515 e. The first-order valence-corrected chi connectivity index (χ1v) is 5.20. The molecule has 1 aromatic carbocycles. The highest BCUT2D eigenvalue weighted by Gasteiger charge is 2.14. The van der Waals surface area contributed by atoms with Crippen LogP contribution in [0.5, 0.6) is 0 Å². The minimum atomic E-state index is -0.471. The first-order valence-electron chi connectivity index (χ1n) is 5.20. The standard InChI is InChI=1S/C13H16O3/c1-10(2)12(8-14)13(15)16-9-11-6-4-3-5-7-11/h3-8,10,14H,9H2,1-2H3/b12-8+. The van der Waals surface area contributed by atoms with Crippen molar-refractivity contribution in [3.8, 4) is 0 Å². The number of hydrogen-bond donors (Lipinski definition) is 1. The zero-order chi connectivity index (χ0) is 12.0. The van der Waals surface area contributed by atoms with Crippen molar-refractivity contribution < 1.29 is 14.6 Å². The van der Waals surface area contributed by atoms with Gasteiger partial charge in [0.25, 0.3) is 0 Å². The number of esters is 1. The Hall–Kier alpha value is -1.77. The van der Waals surface area contributed by atoms with Crippen molar-refractivity contribution in [2.24, 2.45) is 5.92 Å². The molecule has 0 aromatic heterocycles. The second kappa shape index (κ2) is 5.95. The zero-order valence-electron chi connectivity index (χ0n) is 9.51. The number of hydrogen-bond acceptors (Lipinski definition) is 3. The van der Waals surface area contributed by atoms with E-state index in [-0.39, 0.29) is 18.1 Å². The Labute approximate surface area is 95.4 Å². The molecule has 0 aliphatic carbocycles. The number of aliphatic hydroxyl groups is 1. The summed E-state index contributed by atoms with van der Waals surface area (Å²) in [7, 11) is 0. The van der Waals surface area contributed by atoms with Crippen LogP contribution in [0.25, 0.3) is 0 Å². The molecule has 0 radical (unpaired) electrons. The van der Waals surface area contributed by atoms with E-state index < -0.39 is 5.97 Å². The third kappa shape index (κ3) is 3.42. The van der Waals surface area contributed by atoms with Gasteiger partial charge in [-0.3, -0.25) is 0 Å². The Morgan fingerprint density at radius 3 is 2.50 bits per heavy atom. The molecule has 0 saturated carbocycles. The summed E-state index contributed by atoms with van der Waals surface area (Å²) in [5.74, 6) is -0.519. The molecule has 1 aromatic rings. The van der Waals surface area contributed by atoms with Gasteiger partial charge in [0.05, 0.1) is 11.8 Å². The fraction of sp³-hybridized carbons (Fsp3) is 0.308. The molecule has 0 aliphatic heterocycles. The van der Waals surface area contributed by atoms with Crippen LogP contribution >= 0.6 is 0 Å². The summed E-state index contributed by atoms with van der Waals surface area (Å²) in [5, 5.41) is 8.90. The highest BCUT2D eigenvalue weighted by Crippen LogP contribution is 2.12. The number of carbonyl (C=O) groups is 1. The van der Waals surface area contributed by atoms with Gasteiger partial charge in [-0.1, -0.05) is 44.2 Å². The number of rotatable bonds is 4. The van der Waals surface area contributed by atoms with Crippen molar-refractivity contribution in [3.05, 3.63) is 47.7 Å². The van der Waals surface area contributed by atoms with Crippen LogP contribution in [0.4, 0.5) is 0 Å². The second-order valence-electron chi connectivity index (χ2n) is 3.80. The molecule has 0 unspecified atom stereocenters. The van der Waals surface area contributed by atoms with Gasteiger partial charge >= 0.3 is 5.97 Å². The van der Waals surface area contributed by atoms with Crippen LogP contribution < -0.4 is 0 Å². The molecule has 0 fully saturated rings. The van der Waals surface area contributed by atoms with Crippen LogP contribution in [-0.2, 0) is 16.1 Å². The molecule has 0 aliphatic rings. The van der Waals surface area contributed by atoms with Gasteiger partial charge in [-0.25, -0.2) is 4.79 Å². The fourth-order valence-electron chi connectivity index (χ4n) is 1.24. The molecule has 0 atom stereocenters. The van der Waals surface area contributed by atoms with Crippen molar-refractivity contribution in [2.45, 2.75) is 20.5 Å². The van der Waals surface area contributed by atoms with Crippen LogP contribution in [-0.4, -0.2) is 11.1 Å². The van der Waals surface area contributed by atoms with E-state index in [0.29, 0.717) is 0 Å². The Morgan fingerprint density at radius 1 is 1.38 bits per heavy atom. The van der Waals surface area contributed by atoms with E-state index in [4.69, 9.17) is 9.84 Å². The van der Waals surface area contributed by atoms with Crippen LogP contribution in [0.3, 0.4) is 0 Å². The van der Waals surface area contributed by atoms with Gasteiger partial charge in [-0.2, -0.15) is 0 Å². The molecule has 0 spiro atoms. The molecular weight excluding hydrogens is 204 g/mol. The Balaban J connectivity index is 2.53. The van der Waals surface area contributed by atoms with Crippen molar-refractivity contribution in [1.82, 2.24) is 0 Å². The Morgan fingerprint density at radius 2 is 2.00 bits per heavy atom. The lowest BCUT2D eigenvalue weighted by molar-refractivity contribution is -0.141. The highest BCUT2D eigenvalue weighted by molar-refractivity contribution is 5.88. The second-order valence-corrected chi connectivity index (χ2v) is 3.80. The molecule has 0 heterocycles. The molecule has 3 nitrogen and oxygen atoms in total. The maximum Gasteiger partial charge on any atom is 0.337 e. The molecule has 86 valence electrons. The summed E-state index contributed by atoms with van der Waals surface area (Å²) in [6, 6.07) is 9.43. The fourth-order valence-corrected chi connectivity index (χ4v) is 1.24. The Bertz CT molecular complexity index is 366. The summed E-state index contributed by atoms with van der Waals surface area (Å²) < 4.78 is 5.08. The third-order valence-corrected chi connectivity index (χ3v) is 2.21. The minimum absolute atomic E-state index is 0.0479. The Kier molecular flexibility index (Phi) is 4.58. The third-order valence-electron chi connectivity index (χ3n) is 2.21. The van der Waals surface area contributed by atoms with E-state index in [1.165, 1.54) is 0 Å². The number of carbonyl (C=O) groups excluding carboxylic acids is 1. The molecular formula is C13H16O3. The van der Waals surface area contributed by atoms with Gasteiger partial charge in [-0.05, 0) is 11.5 Å². The molecule has 0 saturated heterocycles. The first-order chi connectivity index (χ1) is 7.65. The number of ether oxygens (including phenoxy) is 1. The van der Waals surface area contributed by atoms with E-state index in [2.05, 4.69) is 0 Å². The van der Waals surface area contributed by atoms with Gasteiger partial charge < -0.3 is 9.84 Å². The molecule has 0 amide bonds. The quantitative estimate of drug-likeness (QED) is 0.482. The SMILES string of the molecule is CC(C)/C(=C\O)C(=O)OCc1ccccc1. The first kappa shape index (κ1) is 12.3. The van der Waals surface area contributed by atoms with Gasteiger partial charge in [0, 0.05) is 0 Å². The maximum atomic E-state index is 11.5. The van der Waals surface area contributed by atoms with Crippen LogP contribution in [0, 0.1) is 5.92 Å². The molecule has 1 rings (SSSR count). The smallest absolute Gasteiger partial charge is 0.337 e. The summed E-state index contributed by atoms with van der Waals surface area (Å²) in [5.41, 5.74) is 1.22. The van der Waals surface area contributed by atoms with Gasteiger partial charge in [0.2, 0.25) is 0 Å². The predicted molar refractivity (Wildman–Crippen MR) is 61.8 cm³/mol.